The lowest BCUT2D eigenvalue weighted by atomic mass is 10.3. The van der Waals surface area contributed by atoms with Gasteiger partial charge in [-0.15, -0.1) is 0 Å². The van der Waals surface area contributed by atoms with Gasteiger partial charge in [0.15, 0.2) is 12.6 Å². The zero-order chi connectivity index (χ0) is 17.6. The fraction of sp³-hybridized carbons (Fsp3) is 1.00. The third-order valence-electron chi connectivity index (χ3n) is 3.14. The van der Waals surface area contributed by atoms with E-state index in [1.807, 2.05) is 0 Å². The van der Waals surface area contributed by atoms with Crippen molar-refractivity contribution in [3.05, 3.63) is 0 Å². The summed E-state index contributed by atoms with van der Waals surface area (Å²) in [7, 11) is 12.4. The fourth-order valence-electron chi connectivity index (χ4n) is 1.63. The lowest BCUT2D eigenvalue weighted by molar-refractivity contribution is -0.388. The van der Waals surface area contributed by atoms with E-state index >= 15 is 0 Å². The first-order chi connectivity index (χ1) is 10.4. The maximum atomic E-state index is 5.02. The Balaban J connectivity index is 0. The van der Waals surface area contributed by atoms with Gasteiger partial charge in [0.2, 0.25) is 0 Å². The molecule has 1 atom stereocenters. The zero-order valence-electron chi connectivity index (χ0n) is 15.2. The minimum atomic E-state index is -1.09. The predicted molar refractivity (Wildman–Crippen MR) is 80.5 cm³/mol. The highest BCUT2D eigenvalue weighted by Crippen LogP contribution is 2.19. The molecule has 0 aliphatic carbocycles. The molecule has 1 unspecified atom stereocenters. The Kier molecular flexibility index (Phi) is 15.5. The van der Waals surface area contributed by atoms with E-state index in [2.05, 4.69) is 0 Å². The van der Waals surface area contributed by atoms with Gasteiger partial charge in [0, 0.05) is 63.3 Å². The van der Waals surface area contributed by atoms with Crippen LogP contribution in [-0.4, -0.2) is 81.5 Å². The molecule has 0 aromatic rings. The van der Waals surface area contributed by atoms with Gasteiger partial charge in [-0.2, -0.15) is 0 Å². The summed E-state index contributed by atoms with van der Waals surface area (Å²) in [5.74, 6) is -1.09. The number of rotatable bonds is 11. The van der Waals surface area contributed by atoms with E-state index in [1.54, 1.807) is 42.5 Å². The average Bonchev–Trinajstić information content (AvgIpc) is 2.58. The zero-order valence-corrected chi connectivity index (χ0v) is 15.2. The molecule has 0 spiro atoms. The Hall–Kier alpha value is -0.320. The summed E-state index contributed by atoms with van der Waals surface area (Å²) >= 11 is 0. The second-order valence-electron chi connectivity index (χ2n) is 4.13. The molecule has 0 heterocycles. The van der Waals surface area contributed by atoms with Gasteiger partial charge in [-0.3, -0.25) is 0 Å². The molecule has 0 radical (unpaired) electrons. The Bertz CT molecular complexity index is 209. The van der Waals surface area contributed by atoms with Crippen molar-refractivity contribution < 1.29 is 37.9 Å². The quantitative estimate of drug-likeness (QED) is 0.524. The number of methoxy groups -OCH3 is 8. The molecule has 0 fully saturated rings. The molecule has 0 rings (SSSR count). The summed E-state index contributed by atoms with van der Waals surface area (Å²) in [6.45, 7) is 1.80. The Labute approximate surface area is 133 Å². The molecular formula is C14H32O8. The third kappa shape index (κ3) is 8.35. The van der Waals surface area contributed by atoms with E-state index in [9.17, 15) is 0 Å². The maximum Gasteiger partial charge on any atom is 0.309 e. The molecule has 0 aliphatic heterocycles. The molecule has 22 heavy (non-hydrogen) atoms. The van der Waals surface area contributed by atoms with Crippen LogP contribution >= 0.6 is 0 Å². The second kappa shape index (κ2) is 14.3. The van der Waals surface area contributed by atoms with E-state index < -0.39 is 5.97 Å². The summed E-state index contributed by atoms with van der Waals surface area (Å²) in [5.41, 5.74) is 0. The van der Waals surface area contributed by atoms with Crippen molar-refractivity contribution in [2.75, 3.05) is 56.9 Å². The monoisotopic (exact) mass is 328 g/mol. The van der Waals surface area contributed by atoms with Gasteiger partial charge >= 0.3 is 5.97 Å². The molecule has 0 aromatic heterocycles. The van der Waals surface area contributed by atoms with Crippen LogP contribution in [0.3, 0.4) is 0 Å². The van der Waals surface area contributed by atoms with Crippen LogP contribution in [0.15, 0.2) is 0 Å². The van der Waals surface area contributed by atoms with Crippen molar-refractivity contribution in [1.82, 2.24) is 0 Å². The van der Waals surface area contributed by atoms with Crippen LogP contribution in [0.25, 0.3) is 0 Å². The molecule has 0 N–H and O–H groups in total. The summed E-state index contributed by atoms with van der Waals surface area (Å²) in [5, 5.41) is 0. The Morgan fingerprint density at radius 2 is 0.909 bits per heavy atom. The van der Waals surface area contributed by atoms with Crippen LogP contribution in [0, 0.1) is 0 Å². The predicted octanol–water partition coefficient (Wildman–Crippen LogP) is 1.23. The first kappa shape index (κ1) is 23.9. The molecule has 0 bridgehead atoms. The van der Waals surface area contributed by atoms with Gasteiger partial charge in [0.05, 0.1) is 0 Å². The van der Waals surface area contributed by atoms with Crippen LogP contribution in [-0.2, 0) is 37.9 Å². The van der Waals surface area contributed by atoms with E-state index in [0.717, 1.165) is 0 Å². The molecule has 0 aliphatic rings. The SMILES string of the molecule is COC(C)C(OC)(OC)OC.COC(CC(OC)OC)OC. The average molecular weight is 328 g/mol. The molecular weight excluding hydrogens is 296 g/mol. The summed E-state index contributed by atoms with van der Waals surface area (Å²) in [4.78, 5) is 0. The fourth-order valence-corrected chi connectivity index (χ4v) is 1.63. The highest BCUT2D eigenvalue weighted by Gasteiger charge is 2.37. The first-order valence-electron chi connectivity index (χ1n) is 6.74. The minimum Gasteiger partial charge on any atom is -0.373 e. The van der Waals surface area contributed by atoms with Crippen LogP contribution < -0.4 is 0 Å². The van der Waals surface area contributed by atoms with Gasteiger partial charge in [-0.25, -0.2) is 0 Å². The summed E-state index contributed by atoms with van der Waals surface area (Å²) < 4.78 is 39.9. The van der Waals surface area contributed by atoms with E-state index in [-0.39, 0.29) is 18.7 Å². The molecule has 8 nitrogen and oxygen atoms in total. The first-order valence-corrected chi connectivity index (χ1v) is 6.74. The van der Waals surface area contributed by atoms with Crippen molar-refractivity contribution in [3.63, 3.8) is 0 Å². The van der Waals surface area contributed by atoms with E-state index in [1.165, 1.54) is 21.3 Å². The van der Waals surface area contributed by atoms with Gasteiger partial charge in [-0.05, 0) is 6.92 Å². The normalized spacial score (nSPS) is 13.2. The highest BCUT2D eigenvalue weighted by atomic mass is 16.9. The number of hydrogen-bond acceptors (Lipinski definition) is 8. The third-order valence-corrected chi connectivity index (χ3v) is 3.14. The molecule has 0 saturated carbocycles. The van der Waals surface area contributed by atoms with E-state index in [0.29, 0.717) is 6.42 Å². The van der Waals surface area contributed by atoms with Crippen molar-refractivity contribution in [2.24, 2.45) is 0 Å². The van der Waals surface area contributed by atoms with Crippen molar-refractivity contribution in [2.45, 2.75) is 38.0 Å². The van der Waals surface area contributed by atoms with Crippen LogP contribution in [0.4, 0.5) is 0 Å². The van der Waals surface area contributed by atoms with E-state index in [4.69, 9.17) is 37.9 Å². The van der Waals surface area contributed by atoms with Crippen molar-refractivity contribution >= 4 is 0 Å². The molecule has 0 amide bonds. The maximum absolute atomic E-state index is 5.02. The van der Waals surface area contributed by atoms with Gasteiger partial charge in [0.1, 0.15) is 6.10 Å². The second-order valence-corrected chi connectivity index (χ2v) is 4.13. The standard InChI is InChI=1S/2C7H16O4/c1-8-6(9-2)5-7(10-3)11-4;1-6(8-2)7(9-3,10-4)11-5/h6-7H,5H2,1-4H3;6H,1-5H3. The van der Waals surface area contributed by atoms with Crippen molar-refractivity contribution in [1.29, 1.82) is 0 Å². The topological polar surface area (TPSA) is 73.8 Å². The lowest BCUT2D eigenvalue weighted by Crippen LogP contribution is -2.47. The van der Waals surface area contributed by atoms with Gasteiger partial charge in [-0.1, -0.05) is 0 Å². The van der Waals surface area contributed by atoms with Crippen LogP contribution in [0.2, 0.25) is 0 Å². The Morgan fingerprint density at radius 3 is 1.05 bits per heavy atom. The summed E-state index contributed by atoms with van der Waals surface area (Å²) in [6, 6.07) is 0. The van der Waals surface area contributed by atoms with Crippen LogP contribution in [0.1, 0.15) is 13.3 Å². The van der Waals surface area contributed by atoms with Gasteiger partial charge < -0.3 is 37.9 Å². The Morgan fingerprint density at radius 1 is 0.591 bits per heavy atom. The molecule has 8 heteroatoms. The largest absolute Gasteiger partial charge is 0.373 e. The molecule has 0 saturated heterocycles. The highest BCUT2D eigenvalue weighted by molar-refractivity contribution is 4.64. The minimum absolute atomic E-state index is 0.264. The number of hydrogen-bond donors (Lipinski definition) is 0. The number of ether oxygens (including phenoxy) is 8. The smallest absolute Gasteiger partial charge is 0.309 e. The molecule has 136 valence electrons. The van der Waals surface area contributed by atoms with Crippen molar-refractivity contribution in [3.8, 4) is 0 Å². The summed E-state index contributed by atoms with van der Waals surface area (Å²) in [6.07, 6.45) is -0.234. The van der Waals surface area contributed by atoms with Crippen LogP contribution in [0.5, 0.6) is 0 Å². The van der Waals surface area contributed by atoms with Gasteiger partial charge in [0.25, 0.3) is 0 Å². The lowest BCUT2D eigenvalue weighted by Gasteiger charge is -2.32. The molecule has 0 aromatic carbocycles.